The molecular weight excluding hydrogens is 416 g/mol. The third-order valence-electron chi connectivity index (χ3n) is 6.48. The maximum Gasteiger partial charge on any atom is 0.265 e. The van der Waals surface area contributed by atoms with Gasteiger partial charge in [-0.2, -0.15) is 0 Å². The molecular formula is C25H38N6O2. The highest BCUT2D eigenvalue weighted by Crippen LogP contribution is 2.19. The predicted octanol–water partition coefficient (Wildman–Crippen LogP) is 1.60. The first-order valence-electron chi connectivity index (χ1n) is 11.9. The molecule has 8 nitrogen and oxygen atoms in total. The first-order chi connectivity index (χ1) is 15.9. The first kappa shape index (κ1) is 25.1. The molecule has 1 atom stereocenters. The average Bonchev–Trinajstić information content (AvgIpc) is 2.82. The molecule has 8 heteroatoms. The zero-order valence-electron chi connectivity index (χ0n) is 19.9. The van der Waals surface area contributed by atoms with Gasteiger partial charge in [-0.3, -0.25) is 9.69 Å². The van der Waals surface area contributed by atoms with Gasteiger partial charge in [-0.15, -0.1) is 0 Å². The van der Waals surface area contributed by atoms with E-state index in [0.717, 1.165) is 45.2 Å². The Balaban J connectivity index is 1.35. The number of benzene rings is 1. The van der Waals surface area contributed by atoms with Crippen molar-refractivity contribution in [3.63, 3.8) is 0 Å². The summed E-state index contributed by atoms with van der Waals surface area (Å²) in [5.41, 5.74) is 2.98. The lowest BCUT2D eigenvalue weighted by Crippen LogP contribution is -2.43. The van der Waals surface area contributed by atoms with Gasteiger partial charge < -0.3 is 21.1 Å². The van der Waals surface area contributed by atoms with E-state index in [1.165, 1.54) is 17.5 Å². The zero-order chi connectivity index (χ0) is 23.6. The molecule has 1 saturated carbocycles. The standard InChI is InChI=1S/C25H38N6O2/c1-18(28-17-29-19(2)30-23-10-8-22(26-3)9-11-23)25(33)27-14-24(32)16-31-13-12-20-6-4-5-7-21(20)15-31/h4-7,17,22-24,26,30,32H,2,8-16H2,1,3H3,(H,27,33)/b28-18+,29-17-/t22-,23-,24-/m0/s1. The van der Waals surface area contributed by atoms with Crippen LogP contribution in [0, 0.1) is 0 Å². The van der Waals surface area contributed by atoms with Crippen molar-refractivity contribution < 1.29 is 9.90 Å². The maximum atomic E-state index is 12.3. The molecule has 3 rings (SSSR count). The molecule has 0 aromatic heterocycles. The van der Waals surface area contributed by atoms with Crippen molar-refractivity contribution in [2.75, 3.05) is 26.7 Å². The van der Waals surface area contributed by atoms with Gasteiger partial charge in [0.15, 0.2) is 0 Å². The number of β-amino-alcohol motifs (C(OH)–C–C–N with tert-alkyl or cyclic N) is 1. The van der Waals surface area contributed by atoms with E-state index in [9.17, 15) is 9.90 Å². The van der Waals surface area contributed by atoms with Crippen molar-refractivity contribution in [2.45, 2.75) is 63.8 Å². The highest BCUT2D eigenvalue weighted by atomic mass is 16.3. The van der Waals surface area contributed by atoms with Crippen LogP contribution in [-0.4, -0.2) is 72.8 Å². The monoisotopic (exact) mass is 454 g/mol. The highest BCUT2D eigenvalue weighted by Gasteiger charge is 2.20. The molecule has 180 valence electrons. The number of aliphatic hydroxyl groups is 1. The summed E-state index contributed by atoms with van der Waals surface area (Å²) in [6.07, 6.45) is 6.14. The van der Waals surface area contributed by atoms with E-state index in [-0.39, 0.29) is 12.5 Å². The van der Waals surface area contributed by atoms with Gasteiger partial charge in [0.2, 0.25) is 0 Å². The minimum atomic E-state index is -0.636. The van der Waals surface area contributed by atoms with Gasteiger partial charge in [0, 0.05) is 38.3 Å². The highest BCUT2D eigenvalue weighted by molar-refractivity contribution is 6.39. The molecule has 0 spiro atoms. The van der Waals surface area contributed by atoms with Crippen molar-refractivity contribution in [2.24, 2.45) is 9.98 Å². The van der Waals surface area contributed by atoms with E-state index >= 15 is 0 Å². The molecule has 1 aromatic rings. The van der Waals surface area contributed by atoms with Crippen molar-refractivity contribution in [3.05, 3.63) is 47.8 Å². The number of amides is 1. The Labute approximate surface area is 197 Å². The normalized spacial score (nSPS) is 22.6. The van der Waals surface area contributed by atoms with E-state index < -0.39 is 6.10 Å². The molecule has 1 aliphatic heterocycles. The SMILES string of the molecule is C=C(/N=C\N=C(/C)C(=O)NC[C@H](O)CN1CCc2ccccc2C1)N[C@H]1CC[C@H](NC)CC1. The largest absolute Gasteiger partial charge is 0.390 e. The third kappa shape index (κ3) is 8.07. The molecule has 1 amide bonds. The molecule has 0 bridgehead atoms. The minimum Gasteiger partial charge on any atom is -0.390 e. The quantitative estimate of drug-likeness (QED) is 0.318. The van der Waals surface area contributed by atoms with Crippen molar-refractivity contribution in [1.29, 1.82) is 0 Å². The lowest BCUT2D eigenvalue weighted by atomic mass is 9.91. The van der Waals surface area contributed by atoms with Crippen LogP contribution < -0.4 is 16.0 Å². The number of rotatable bonds is 10. The number of hydrogen-bond donors (Lipinski definition) is 4. The van der Waals surface area contributed by atoms with Gasteiger partial charge in [0.1, 0.15) is 17.9 Å². The molecule has 1 aromatic carbocycles. The molecule has 1 aliphatic carbocycles. The summed E-state index contributed by atoms with van der Waals surface area (Å²) in [4.78, 5) is 22.8. The molecule has 0 radical (unpaired) electrons. The molecule has 2 aliphatic rings. The van der Waals surface area contributed by atoms with E-state index in [2.05, 4.69) is 55.6 Å². The number of nitrogens with one attached hydrogen (secondary N) is 3. The first-order valence-corrected chi connectivity index (χ1v) is 11.9. The van der Waals surface area contributed by atoms with Crippen LogP contribution in [0.25, 0.3) is 0 Å². The summed E-state index contributed by atoms with van der Waals surface area (Å²) in [6.45, 7) is 8.00. The van der Waals surface area contributed by atoms with Crippen LogP contribution in [0.5, 0.6) is 0 Å². The number of carbonyl (C=O) groups excluding carboxylic acids is 1. The number of hydrogen-bond acceptors (Lipinski definition) is 6. The summed E-state index contributed by atoms with van der Waals surface area (Å²) in [7, 11) is 2.01. The van der Waals surface area contributed by atoms with Crippen LogP contribution in [0.2, 0.25) is 0 Å². The van der Waals surface area contributed by atoms with E-state index in [4.69, 9.17) is 0 Å². The summed E-state index contributed by atoms with van der Waals surface area (Å²) in [6, 6.07) is 9.38. The van der Waals surface area contributed by atoms with E-state index in [1.54, 1.807) is 6.92 Å². The maximum absolute atomic E-state index is 12.3. The van der Waals surface area contributed by atoms with Gasteiger partial charge >= 0.3 is 0 Å². The van der Waals surface area contributed by atoms with Gasteiger partial charge in [-0.25, -0.2) is 9.98 Å². The Morgan fingerprint density at radius 2 is 1.94 bits per heavy atom. The Morgan fingerprint density at radius 1 is 1.24 bits per heavy atom. The Morgan fingerprint density at radius 3 is 2.67 bits per heavy atom. The second-order valence-electron chi connectivity index (χ2n) is 9.01. The second-order valence-corrected chi connectivity index (χ2v) is 9.01. The smallest absolute Gasteiger partial charge is 0.265 e. The zero-order valence-corrected chi connectivity index (χ0v) is 19.9. The van der Waals surface area contributed by atoms with Gasteiger partial charge in [-0.1, -0.05) is 30.8 Å². The number of carbonyl (C=O) groups is 1. The van der Waals surface area contributed by atoms with Crippen LogP contribution in [0.1, 0.15) is 43.7 Å². The summed E-state index contributed by atoms with van der Waals surface area (Å²) >= 11 is 0. The van der Waals surface area contributed by atoms with Crippen molar-refractivity contribution >= 4 is 18.0 Å². The third-order valence-corrected chi connectivity index (χ3v) is 6.48. The average molecular weight is 455 g/mol. The summed E-state index contributed by atoms with van der Waals surface area (Å²) < 4.78 is 0. The van der Waals surface area contributed by atoms with Crippen LogP contribution in [0.4, 0.5) is 0 Å². The summed E-state index contributed by atoms with van der Waals surface area (Å²) in [5, 5.41) is 19.8. The van der Waals surface area contributed by atoms with Gasteiger partial charge in [0.05, 0.1) is 6.10 Å². The number of aliphatic hydroxyl groups excluding tert-OH is 1. The van der Waals surface area contributed by atoms with Crippen molar-refractivity contribution in [3.8, 4) is 0 Å². The molecule has 1 fully saturated rings. The van der Waals surface area contributed by atoms with Crippen LogP contribution in [0.3, 0.4) is 0 Å². The van der Waals surface area contributed by atoms with E-state index in [1.807, 2.05) is 13.1 Å². The molecule has 0 unspecified atom stereocenters. The second kappa shape index (κ2) is 12.6. The molecule has 4 N–H and O–H groups in total. The minimum absolute atomic E-state index is 0.185. The number of aliphatic imine (C=N–C) groups is 2. The Bertz CT molecular complexity index is 860. The molecule has 33 heavy (non-hydrogen) atoms. The Hall–Kier alpha value is -2.55. The van der Waals surface area contributed by atoms with Crippen molar-refractivity contribution in [1.82, 2.24) is 20.9 Å². The van der Waals surface area contributed by atoms with Crippen LogP contribution in [0.15, 0.2) is 46.7 Å². The number of nitrogens with zero attached hydrogens (tertiary/aromatic N) is 3. The lowest BCUT2D eigenvalue weighted by molar-refractivity contribution is -0.115. The van der Waals surface area contributed by atoms with Gasteiger partial charge in [0.25, 0.3) is 5.91 Å². The fourth-order valence-corrected chi connectivity index (χ4v) is 4.45. The predicted molar refractivity (Wildman–Crippen MR) is 133 cm³/mol. The fourth-order valence-electron chi connectivity index (χ4n) is 4.45. The fraction of sp³-hybridized carbons (Fsp3) is 0.560. The summed E-state index contributed by atoms with van der Waals surface area (Å²) in [5.74, 6) is 0.242. The lowest BCUT2D eigenvalue weighted by Gasteiger charge is -2.30. The molecule has 0 saturated heterocycles. The topological polar surface area (TPSA) is 101 Å². The van der Waals surface area contributed by atoms with E-state index in [0.29, 0.717) is 30.2 Å². The van der Waals surface area contributed by atoms with Gasteiger partial charge in [-0.05, 0) is 57.2 Å². The molecule has 1 heterocycles. The van der Waals surface area contributed by atoms with Crippen LogP contribution >= 0.6 is 0 Å². The Kier molecular flexibility index (Phi) is 9.60. The number of fused-ring (bicyclic) bond motifs is 1. The van der Waals surface area contributed by atoms with Crippen LogP contribution in [-0.2, 0) is 17.8 Å².